The summed E-state index contributed by atoms with van der Waals surface area (Å²) in [6.45, 7) is 10.6. The second-order valence-electron chi connectivity index (χ2n) is 9.18. The molecule has 27 heavy (non-hydrogen) atoms. The summed E-state index contributed by atoms with van der Waals surface area (Å²) in [6.07, 6.45) is 3.17. The van der Waals surface area contributed by atoms with Crippen LogP contribution in [0.5, 0.6) is 0 Å². The minimum Gasteiger partial charge on any atom is -0.336 e. The number of amides is 4. The van der Waals surface area contributed by atoms with Gasteiger partial charge in [0.2, 0.25) is 5.91 Å². The van der Waals surface area contributed by atoms with Crippen LogP contribution in [0.1, 0.15) is 53.4 Å². The summed E-state index contributed by atoms with van der Waals surface area (Å²) in [5.41, 5.74) is -0.588. The summed E-state index contributed by atoms with van der Waals surface area (Å²) < 4.78 is 0. The average molecular weight is 401 g/mol. The highest BCUT2D eigenvalue weighted by Crippen LogP contribution is 2.43. The highest BCUT2D eigenvalue weighted by Gasteiger charge is 2.53. The van der Waals surface area contributed by atoms with Crippen molar-refractivity contribution in [3.8, 4) is 0 Å². The Morgan fingerprint density at radius 3 is 2.41 bits per heavy atom. The van der Waals surface area contributed by atoms with E-state index >= 15 is 0 Å². The third kappa shape index (κ3) is 4.24. The smallest absolute Gasteiger partial charge is 0.325 e. The molecule has 1 atom stereocenters. The van der Waals surface area contributed by atoms with Gasteiger partial charge in [-0.15, -0.1) is 12.4 Å². The van der Waals surface area contributed by atoms with Crippen molar-refractivity contribution in [2.45, 2.75) is 65.0 Å². The Morgan fingerprint density at radius 2 is 1.85 bits per heavy atom. The highest BCUT2D eigenvalue weighted by atomic mass is 35.5. The zero-order valence-electron chi connectivity index (χ0n) is 16.8. The summed E-state index contributed by atoms with van der Waals surface area (Å²) in [5.74, 6) is 0.184. The summed E-state index contributed by atoms with van der Waals surface area (Å²) in [5, 5.41) is 6.15. The minimum absolute atomic E-state index is 0. The van der Waals surface area contributed by atoms with Crippen LogP contribution < -0.4 is 10.6 Å². The van der Waals surface area contributed by atoms with Crippen molar-refractivity contribution in [3.63, 3.8) is 0 Å². The first-order valence-corrected chi connectivity index (χ1v) is 9.78. The number of carbonyl (C=O) groups is 3. The van der Waals surface area contributed by atoms with Gasteiger partial charge in [-0.05, 0) is 43.9 Å². The molecule has 0 aromatic rings. The molecular formula is C19H33ClN4O3. The van der Waals surface area contributed by atoms with Gasteiger partial charge in [0.25, 0.3) is 5.91 Å². The molecule has 0 aromatic heterocycles. The molecule has 1 spiro atoms. The van der Waals surface area contributed by atoms with Crippen molar-refractivity contribution in [2.24, 2.45) is 11.3 Å². The molecule has 0 radical (unpaired) electrons. The Hall–Kier alpha value is -1.34. The molecule has 8 heteroatoms. The van der Waals surface area contributed by atoms with Crippen LogP contribution >= 0.6 is 12.4 Å². The number of rotatable bonds is 2. The summed E-state index contributed by atoms with van der Waals surface area (Å²) in [4.78, 5) is 41.0. The molecule has 1 aliphatic carbocycles. The highest BCUT2D eigenvalue weighted by molar-refractivity contribution is 6.09. The quantitative estimate of drug-likeness (QED) is 0.692. The molecule has 7 nitrogen and oxygen atoms in total. The zero-order valence-corrected chi connectivity index (χ0v) is 17.7. The lowest BCUT2D eigenvalue weighted by Crippen LogP contribution is -2.55. The lowest BCUT2D eigenvalue weighted by molar-refractivity contribution is -0.141. The SMILES string of the molecule is C[C@@H]1CNCCN1C(=O)CN1C(=O)NC2(CCC(C(C)(C)C)CC2)C1=O.Cl. The van der Waals surface area contributed by atoms with E-state index in [0.717, 1.165) is 30.8 Å². The molecule has 2 N–H and O–H groups in total. The summed E-state index contributed by atoms with van der Waals surface area (Å²) >= 11 is 0. The third-order valence-corrected chi connectivity index (χ3v) is 6.42. The Kier molecular flexibility index (Phi) is 6.47. The van der Waals surface area contributed by atoms with E-state index in [-0.39, 0.29) is 42.2 Å². The average Bonchev–Trinajstić information content (AvgIpc) is 2.79. The Bertz CT molecular complexity index is 596. The predicted octanol–water partition coefficient (Wildman–Crippen LogP) is 1.76. The molecule has 2 heterocycles. The van der Waals surface area contributed by atoms with Gasteiger partial charge in [-0.25, -0.2) is 4.79 Å². The summed E-state index contributed by atoms with van der Waals surface area (Å²) in [7, 11) is 0. The van der Waals surface area contributed by atoms with Crippen LogP contribution in [-0.2, 0) is 9.59 Å². The predicted molar refractivity (Wildman–Crippen MR) is 106 cm³/mol. The normalized spacial score (nSPS) is 31.7. The molecule has 0 aromatic carbocycles. The van der Waals surface area contributed by atoms with Gasteiger partial charge < -0.3 is 15.5 Å². The first-order chi connectivity index (χ1) is 12.1. The van der Waals surface area contributed by atoms with E-state index in [0.29, 0.717) is 25.3 Å². The number of piperazine rings is 1. The Labute approximate surface area is 168 Å². The molecule has 2 saturated heterocycles. The van der Waals surface area contributed by atoms with Crippen molar-refractivity contribution in [1.29, 1.82) is 0 Å². The van der Waals surface area contributed by atoms with Crippen LogP contribution in [0.15, 0.2) is 0 Å². The third-order valence-electron chi connectivity index (χ3n) is 6.42. The zero-order chi connectivity index (χ0) is 19.1. The number of hydrogen-bond donors (Lipinski definition) is 2. The number of urea groups is 1. The van der Waals surface area contributed by atoms with Crippen LogP contribution in [-0.4, -0.2) is 65.4 Å². The van der Waals surface area contributed by atoms with Gasteiger partial charge in [0.15, 0.2) is 0 Å². The molecule has 3 fully saturated rings. The topological polar surface area (TPSA) is 81.8 Å². The second kappa shape index (κ2) is 7.95. The maximum absolute atomic E-state index is 13.0. The molecule has 4 amide bonds. The minimum atomic E-state index is -0.797. The van der Waals surface area contributed by atoms with Crippen LogP contribution in [0.2, 0.25) is 0 Å². The number of halogens is 1. The van der Waals surface area contributed by atoms with Gasteiger partial charge in [-0.2, -0.15) is 0 Å². The van der Waals surface area contributed by atoms with Crippen molar-refractivity contribution in [2.75, 3.05) is 26.2 Å². The molecule has 0 bridgehead atoms. The standard InChI is InChI=1S/C19H32N4O3.ClH/c1-13-11-20-9-10-22(13)15(24)12-23-16(25)19(21-17(23)26)7-5-14(6-8-19)18(2,3)4;/h13-14,20H,5-12H2,1-4H3,(H,21,26);1H/t13-,14?,19?;/m1./s1. The van der Waals surface area contributed by atoms with E-state index in [9.17, 15) is 14.4 Å². The van der Waals surface area contributed by atoms with Crippen molar-refractivity contribution >= 4 is 30.3 Å². The van der Waals surface area contributed by atoms with Crippen LogP contribution in [0.4, 0.5) is 4.79 Å². The van der Waals surface area contributed by atoms with E-state index in [4.69, 9.17) is 0 Å². The van der Waals surface area contributed by atoms with Crippen molar-refractivity contribution in [3.05, 3.63) is 0 Å². The first-order valence-electron chi connectivity index (χ1n) is 9.78. The number of nitrogens with one attached hydrogen (secondary N) is 2. The lowest BCUT2D eigenvalue weighted by atomic mass is 9.67. The van der Waals surface area contributed by atoms with E-state index in [1.54, 1.807) is 4.90 Å². The number of carbonyl (C=O) groups excluding carboxylic acids is 3. The van der Waals surface area contributed by atoms with Crippen LogP contribution in [0.25, 0.3) is 0 Å². The fourth-order valence-corrected chi connectivity index (χ4v) is 4.57. The number of nitrogens with zero attached hydrogens (tertiary/aromatic N) is 2. The number of hydrogen-bond acceptors (Lipinski definition) is 4. The Morgan fingerprint density at radius 1 is 1.22 bits per heavy atom. The molecule has 0 unspecified atom stereocenters. The van der Waals surface area contributed by atoms with Gasteiger partial charge >= 0.3 is 6.03 Å². The van der Waals surface area contributed by atoms with Crippen LogP contribution in [0, 0.1) is 11.3 Å². The second-order valence-corrected chi connectivity index (χ2v) is 9.18. The largest absolute Gasteiger partial charge is 0.336 e. The molecular weight excluding hydrogens is 368 g/mol. The molecule has 154 valence electrons. The monoisotopic (exact) mass is 400 g/mol. The van der Waals surface area contributed by atoms with Gasteiger partial charge in [-0.1, -0.05) is 20.8 Å². The van der Waals surface area contributed by atoms with Crippen molar-refractivity contribution < 1.29 is 14.4 Å². The van der Waals surface area contributed by atoms with E-state index in [1.165, 1.54) is 0 Å². The molecule has 1 saturated carbocycles. The first kappa shape index (κ1) is 22.0. The van der Waals surface area contributed by atoms with E-state index in [2.05, 4.69) is 31.4 Å². The maximum atomic E-state index is 13.0. The fraction of sp³-hybridized carbons (Fsp3) is 0.842. The summed E-state index contributed by atoms with van der Waals surface area (Å²) in [6, 6.07) is -0.339. The lowest BCUT2D eigenvalue weighted by Gasteiger charge is -2.40. The van der Waals surface area contributed by atoms with Gasteiger partial charge in [0, 0.05) is 25.7 Å². The van der Waals surface area contributed by atoms with Gasteiger partial charge in [0.1, 0.15) is 12.1 Å². The maximum Gasteiger partial charge on any atom is 0.325 e. The van der Waals surface area contributed by atoms with E-state index in [1.807, 2.05) is 6.92 Å². The van der Waals surface area contributed by atoms with Crippen LogP contribution in [0.3, 0.4) is 0 Å². The molecule has 3 rings (SSSR count). The fourth-order valence-electron chi connectivity index (χ4n) is 4.57. The van der Waals surface area contributed by atoms with Gasteiger partial charge in [0.05, 0.1) is 0 Å². The van der Waals surface area contributed by atoms with E-state index < -0.39 is 11.6 Å². The molecule has 3 aliphatic rings. The molecule has 2 aliphatic heterocycles. The van der Waals surface area contributed by atoms with Gasteiger partial charge in [-0.3, -0.25) is 14.5 Å². The number of imide groups is 1. The van der Waals surface area contributed by atoms with Crippen molar-refractivity contribution in [1.82, 2.24) is 20.4 Å². The Balaban J connectivity index is 0.00000261.